The van der Waals surface area contributed by atoms with Crippen molar-refractivity contribution in [3.05, 3.63) is 29.3 Å². The number of fused-ring (bicyclic) bond motifs is 3. The molecule has 1 spiro atoms. The van der Waals surface area contributed by atoms with Gasteiger partial charge in [-0.25, -0.2) is 0 Å². The predicted molar refractivity (Wildman–Crippen MR) is 88.8 cm³/mol. The third-order valence-corrected chi connectivity index (χ3v) is 9.34. The van der Waals surface area contributed by atoms with Gasteiger partial charge in [-0.2, -0.15) is 0 Å². The maximum atomic E-state index is 9.73. The first-order chi connectivity index (χ1) is 9.61. The fourth-order valence-corrected chi connectivity index (χ4v) is 7.94. The van der Waals surface area contributed by atoms with Gasteiger partial charge in [0.15, 0.2) is 0 Å². The molecule has 108 valence electrons. The van der Waals surface area contributed by atoms with E-state index in [-0.39, 0.29) is 0 Å². The molecule has 2 unspecified atom stereocenters. The van der Waals surface area contributed by atoms with Gasteiger partial charge in [0.2, 0.25) is 0 Å². The van der Waals surface area contributed by atoms with E-state index < -0.39 is 0 Å². The van der Waals surface area contributed by atoms with Crippen LogP contribution in [0.2, 0.25) is 0 Å². The largest absolute Gasteiger partial charge is 0.508 e. The van der Waals surface area contributed by atoms with Crippen LogP contribution in [0, 0.1) is 5.92 Å². The highest BCUT2D eigenvalue weighted by Gasteiger charge is 2.51. The monoisotopic (exact) mass is 306 g/mol. The molecule has 1 saturated carbocycles. The van der Waals surface area contributed by atoms with E-state index in [0.717, 1.165) is 12.3 Å². The van der Waals surface area contributed by atoms with Crippen LogP contribution in [0.1, 0.15) is 43.7 Å². The van der Waals surface area contributed by atoms with Gasteiger partial charge in [-0.05, 0) is 66.7 Å². The second-order valence-corrected chi connectivity index (χ2v) is 10.0. The van der Waals surface area contributed by atoms with Gasteiger partial charge in [0.1, 0.15) is 5.75 Å². The summed E-state index contributed by atoms with van der Waals surface area (Å²) in [4.78, 5) is 0. The first-order valence-corrected chi connectivity index (χ1v) is 9.69. The summed E-state index contributed by atoms with van der Waals surface area (Å²) in [6.45, 7) is 2.48. The molecule has 1 aromatic rings. The molecule has 3 heteroatoms. The van der Waals surface area contributed by atoms with Crippen LogP contribution in [0.15, 0.2) is 18.2 Å². The fraction of sp³-hybridized carbons (Fsp3) is 0.647. The van der Waals surface area contributed by atoms with Gasteiger partial charge < -0.3 is 5.11 Å². The third-order valence-electron chi connectivity index (χ3n) is 5.76. The highest BCUT2D eigenvalue weighted by Crippen LogP contribution is 2.61. The van der Waals surface area contributed by atoms with Crippen LogP contribution in [0.5, 0.6) is 5.75 Å². The van der Waals surface area contributed by atoms with E-state index in [1.54, 1.807) is 0 Å². The maximum absolute atomic E-state index is 9.73. The Bertz CT molecular complexity index is 536. The molecule has 3 aliphatic rings. The second-order valence-electron chi connectivity index (χ2n) is 6.81. The van der Waals surface area contributed by atoms with E-state index in [9.17, 15) is 5.11 Å². The van der Waals surface area contributed by atoms with Gasteiger partial charge in [0, 0.05) is 11.5 Å². The number of phenolic OH excluding ortho intramolecular Hbond substituents is 1. The number of thioether (sulfide) groups is 2. The van der Waals surface area contributed by atoms with Crippen LogP contribution >= 0.6 is 23.5 Å². The van der Waals surface area contributed by atoms with Crippen molar-refractivity contribution < 1.29 is 5.11 Å². The molecule has 0 aromatic heterocycles. The summed E-state index contributed by atoms with van der Waals surface area (Å²) >= 11 is 4.45. The van der Waals surface area contributed by atoms with E-state index in [2.05, 4.69) is 36.5 Å². The minimum atomic E-state index is 0.343. The first-order valence-electron chi connectivity index (χ1n) is 7.72. The maximum Gasteiger partial charge on any atom is 0.115 e. The van der Waals surface area contributed by atoms with E-state index >= 15 is 0 Å². The molecule has 1 aliphatic heterocycles. The second kappa shape index (κ2) is 4.61. The Balaban J connectivity index is 1.69. The van der Waals surface area contributed by atoms with Crippen LogP contribution in [-0.2, 0) is 11.8 Å². The molecule has 0 amide bonds. The molecule has 1 nitrogen and oxygen atoms in total. The molecule has 1 heterocycles. The van der Waals surface area contributed by atoms with Crippen LogP contribution < -0.4 is 0 Å². The Kier molecular flexibility index (Phi) is 3.08. The highest BCUT2D eigenvalue weighted by atomic mass is 32.2. The summed E-state index contributed by atoms with van der Waals surface area (Å²) in [6.07, 6.45) is 6.51. The summed E-state index contributed by atoms with van der Waals surface area (Å²) in [5.74, 6) is 3.95. The summed E-state index contributed by atoms with van der Waals surface area (Å²) in [7, 11) is 0. The fourth-order valence-electron chi connectivity index (χ4n) is 4.57. The normalized spacial score (nSPS) is 34.8. The molecule has 4 rings (SSSR count). The minimum Gasteiger partial charge on any atom is -0.508 e. The lowest BCUT2D eigenvalue weighted by Gasteiger charge is -2.51. The van der Waals surface area contributed by atoms with E-state index in [0.29, 0.717) is 15.2 Å². The van der Waals surface area contributed by atoms with Crippen molar-refractivity contribution in [1.29, 1.82) is 0 Å². The molecule has 1 N–H and O–H groups in total. The van der Waals surface area contributed by atoms with Gasteiger partial charge in [-0.1, -0.05) is 13.0 Å². The highest BCUT2D eigenvalue weighted by molar-refractivity contribution is 8.21. The number of hydrogen-bond acceptors (Lipinski definition) is 3. The van der Waals surface area contributed by atoms with Gasteiger partial charge in [-0.3, -0.25) is 0 Å². The van der Waals surface area contributed by atoms with E-state index in [4.69, 9.17) is 0 Å². The van der Waals surface area contributed by atoms with Crippen LogP contribution in [0.3, 0.4) is 0 Å². The van der Waals surface area contributed by atoms with Gasteiger partial charge in [0.25, 0.3) is 0 Å². The lowest BCUT2D eigenvalue weighted by Crippen LogP contribution is -2.45. The zero-order valence-electron chi connectivity index (χ0n) is 12.0. The standard InChI is InChI=1S/C17H22OS2/c1-16-6-7-17(19-8-9-20-17)11-13(16)3-2-12-10-14(18)4-5-15(12)16/h4-5,10,13,18H,2-3,6-9,11H2,1H3. The molecule has 2 aliphatic carbocycles. The number of benzene rings is 1. The number of hydrogen-bond donors (Lipinski definition) is 1. The van der Waals surface area contributed by atoms with Crippen LogP contribution in [0.4, 0.5) is 0 Å². The lowest BCUT2D eigenvalue weighted by atomic mass is 9.58. The topological polar surface area (TPSA) is 20.2 Å². The van der Waals surface area contributed by atoms with Crippen LogP contribution in [0.25, 0.3) is 0 Å². The Hall–Kier alpha value is -0.280. The van der Waals surface area contributed by atoms with Crippen molar-refractivity contribution in [2.45, 2.75) is 48.5 Å². The van der Waals surface area contributed by atoms with Crippen molar-refractivity contribution in [2.24, 2.45) is 5.92 Å². The lowest BCUT2D eigenvalue weighted by molar-refractivity contribution is 0.175. The Morgan fingerprint density at radius 3 is 2.80 bits per heavy atom. The summed E-state index contributed by atoms with van der Waals surface area (Å²) in [5, 5.41) is 9.73. The average molecular weight is 306 g/mol. The Morgan fingerprint density at radius 1 is 1.20 bits per heavy atom. The predicted octanol–water partition coefficient (Wildman–Crippen LogP) is 4.57. The van der Waals surface area contributed by atoms with Crippen molar-refractivity contribution in [3.8, 4) is 5.75 Å². The van der Waals surface area contributed by atoms with E-state index in [1.807, 2.05) is 12.1 Å². The molecule has 2 fully saturated rings. The minimum absolute atomic E-state index is 0.343. The summed E-state index contributed by atoms with van der Waals surface area (Å²) in [6, 6.07) is 6.08. The average Bonchev–Trinajstić information content (AvgIpc) is 2.88. The Labute approximate surface area is 129 Å². The number of phenols is 1. The number of aryl methyl sites for hydroxylation is 1. The zero-order chi connectivity index (χ0) is 13.8. The number of aromatic hydroxyl groups is 1. The molecule has 20 heavy (non-hydrogen) atoms. The molecule has 0 radical (unpaired) electrons. The number of rotatable bonds is 0. The Morgan fingerprint density at radius 2 is 2.00 bits per heavy atom. The van der Waals surface area contributed by atoms with Gasteiger partial charge >= 0.3 is 0 Å². The van der Waals surface area contributed by atoms with Crippen LogP contribution in [-0.4, -0.2) is 20.7 Å². The molecule has 1 aromatic carbocycles. The van der Waals surface area contributed by atoms with Gasteiger partial charge in [-0.15, -0.1) is 23.5 Å². The molecular formula is C17H22OS2. The zero-order valence-corrected chi connectivity index (χ0v) is 13.7. The third kappa shape index (κ3) is 1.93. The van der Waals surface area contributed by atoms with Crippen molar-refractivity contribution in [2.75, 3.05) is 11.5 Å². The van der Waals surface area contributed by atoms with Crippen molar-refractivity contribution in [3.63, 3.8) is 0 Å². The quantitative estimate of drug-likeness (QED) is 0.758. The van der Waals surface area contributed by atoms with Crippen molar-refractivity contribution >= 4 is 23.5 Å². The smallest absolute Gasteiger partial charge is 0.115 e. The first kappa shape index (κ1) is 13.4. The molecule has 2 atom stereocenters. The molecular weight excluding hydrogens is 284 g/mol. The van der Waals surface area contributed by atoms with E-state index in [1.165, 1.54) is 48.3 Å². The molecule has 0 bridgehead atoms. The SMILES string of the molecule is CC12CCC3(CC1CCc1cc(O)ccc12)SCCS3. The van der Waals surface area contributed by atoms with Crippen molar-refractivity contribution in [1.82, 2.24) is 0 Å². The molecule has 1 saturated heterocycles. The summed E-state index contributed by atoms with van der Waals surface area (Å²) < 4.78 is 0.540. The summed E-state index contributed by atoms with van der Waals surface area (Å²) in [5.41, 5.74) is 3.26. The van der Waals surface area contributed by atoms with Gasteiger partial charge in [0.05, 0.1) is 4.08 Å².